The Bertz CT molecular complexity index is 884. The van der Waals surface area contributed by atoms with Crippen LogP contribution in [0.2, 0.25) is 0 Å². The standard InChI is InChI=1S/C24H29FN2O2S/c1-15-16(2)29-23(26-15)30-14-22(28)27(13-17-3-5-21(25)6-4-17)24-10-18-7-19(11-24)9-20(8-18)12-24/h3-6,18-20H,7-14H2,1-2H3. The van der Waals surface area contributed by atoms with Crippen LogP contribution >= 0.6 is 11.8 Å². The fraction of sp³-hybridized carbons (Fsp3) is 0.583. The second kappa shape index (κ2) is 7.70. The summed E-state index contributed by atoms with van der Waals surface area (Å²) in [4.78, 5) is 20.1. The molecule has 0 spiro atoms. The van der Waals surface area contributed by atoms with Crippen molar-refractivity contribution in [2.75, 3.05) is 5.75 Å². The number of hydrogen-bond donors (Lipinski definition) is 0. The van der Waals surface area contributed by atoms with Crippen molar-refractivity contribution in [2.24, 2.45) is 17.8 Å². The van der Waals surface area contributed by atoms with E-state index in [1.165, 1.54) is 43.2 Å². The smallest absolute Gasteiger partial charge is 0.256 e. The molecule has 0 N–H and O–H groups in total. The molecule has 1 amide bonds. The molecule has 30 heavy (non-hydrogen) atoms. The molecule has 2 aromatic rings. The average Bonchev–Trinajstić information content (AvgIpc) is 3.02. The molecule has 0 unspecified atom stereocenters. The van der Waals surface area contributed by atoms with Gasteiger partial charge in [0.05, 0.1) is 11.4 Å². The molecule has 4 fully saturated rings. The van der Waals surface area contributed by atoms with Crippen LogP contribution in [0, 0.1) is 37.4 Å². The van der Waals surface area contributed by atoms with Gasteiger partial charge >= 0.3 is 0 Å². The molecule has 0 aliphatic heterocycles. The third-order valence-corrected chi connectivity index (χ3v) is 8.27. The lowest BCUT2D eigenvalue weighted by Gasteiger charge is -2.60. The number of amides is 1. The Morgan fingerprint density at radius 2 is 1.73 bits per heavy atom. The summed E-state index contributed by atoms with van der Waals surface area (Å²) in [6.45, 7) is 4.36. The molecule has 4 nitrogen and oxygen atoms in total. The van der Waals surface area contributed by atoms with Crippen LogP contribution < -0.4 is 0 Å². The molecule has 1 heterocycles. The highest BCUT2D eigenvalue weighted by Crippen LogP contribution is 2.58. The Kier molecular flexibility index (Phi) is 5.16. The number of carbonyl (C=O) groups is 1. The number of thioether (sulfide) groups is 1. The van der Waals surface area contributed by atoms with Crippen LogP contribution in [0.25, 0.3) is 0 Å². The van der Waals surface area contributed by atoms with E-state index in [1.54, 1.807) is 0 Å². The van der Waals surface area contributed by atoms with Crippen molar-refractivity contribution >= 4 is 17.7 Å². The fourth-order valence-electron chi connectivity index (χ4n) is 6.39. The first-order valence-electron chi connectivity index (χ1n) is 11.0. The molecule has 1 aromatic carbocycles. The summed E-state index contributed by atoms with van der Waals surface area (Å²) in [6, 6.07) is 6.60. The highest BCUT2D eigenvalue weighted by Gasteiger charge is 2.54. The van der Waals surface area contributed by atoms with E-state index in [-0.39, 0.29) is 17.3 Å². The van der Waals surface area contributed by atoms with Crippen molar-refractivity contribution in [2.45, 2.75) is 69.7 Å². The van der Waals surface area contributed by atoms with E-state index in [2.05, 4.69) is 9.88 Å². The molecular weight excluding hydrogens is 399 g/mol. The predicted molar refractivity (Wildman–Crippen MR) is 115 cm³/mol. The maximum Gasteiger partial charge on any atom is 0.256 e. The first-order valence-corrected chi connectivity index (χ1v) is 12.0. The monoisotopic (exact) mass is 428 g/mol. The van der Waals surface area contributed by atoms with Gasteiger partial charge in [-0.3, -0.25) is 4.79 Å². The van der Waals surface area contributed by atoms with Crippen LogP contribution in [0.3, 0.4) is 0 Å². The Balaban J connectivity index is 1.39. The highest BCUT2D eigenvalue weighted by atomic mass is 32.2. The minimum atomic E-state index is -0.239. The van der Waals surface area contributed by atoms with Gasteiger partial charge in [0, 0.05) is 12.1 Å². The van der Waals surface area contributed by atoms with Crippen LogP contribution in [-0.4, -0.2) is 27.1 Å². The maximum absolute atomic E-state index is 13.6. The molecule has 6 heteroatoms. The largest absolute Gasteiger partial charge is 0.437 e. The summed E-state index contributed by atoms with van der Waals surface area (Å²) in [5.41, 5.74) is 1.82. The van der Waals surface area contributed by atoms with Crippen molar-refractivity contribution in [3.8, 4) is 0 Å². The molecule has 0 saturated heterocycles. The number of aromatic nitrogens is 1. The number of carbonyl (C=O) groups excluding carboxylic acids is 1. The van der Waals surface area contributed by atoms with Gasteiger partial charge in [0.1, 0.15) is 11.6 Å². The normalized spacial score (nSPS) is 29.4. The number of benzene rings is 1. The molecule has 6 rings (SSSR count). The number of oxazole rings is 1. The molecule has 0 radical (unpaired) electrons. The predicted octanol–water partition coefficient (Wildman–Crippen LogP) is 5.52. The molecule has 4 aliphatic carbocycles. The number of aryl methyl sites for hydroxylation is 2. The van der Waals surface area contributed by atoms with E-state index in [0.29, 0.717) is 17.5 Å². The van der Waals surface area contributed by atoms with Crippen LogP contribution in [-0.2, 0) is 11.3 Å². The van der Waals surface area contributed by atoms with Crippen molar-refractivity contribution in [1.29, 1.82) is 0 Å². The van der Waals surface area contributed by atoms with Gasteiger partial charge in [-0.2, -0.15) is 0 Å². The third kappa shape index (κ3) is 3.79. The molecule has 0 atom stereocenters. The summed E-state index contributed by atoms with van der Waals surface area (Å²) >= 11 is 1.38. The molecular formula is C24H29FN2O2S. The Labute approximate surface area is 181 Å². The van der Waals surface area contributed by atoms with Gasteiger partial charge in [-0.15, -0.1) is 0 Å². The number of rotatable bonds is 6. The number of nitrogens with zero attached hydrogens (tertiary/aromatic N) is 2. The van der Waals surface area contributed by atoms with Crippen LogP contribution in [0.5, 0.6) is 0 Å². The van der Waals surface area contributed by atoms with Gasteiger partial charge in [-0.25, -0.2) is 9.37 Å². The van der Waals surface area contributed by atoms with E-state index in [1.807, 2.05) is 26.0 Å². The SMILES string of the molecule is Cc1nc(SCC(=O)N(Cc2ccc(F)cc2)C23CC4CC(CC(C4)C2)C3)oc1C. The third-order valence-electron chi connectivity index (χ3n) is 7.46. The first kappa shape index (κ1) is 20.1. The number of hydrogen-bond acceptors (Lipinski definition) is 4. The van der Waals surface area contributed by atoms with Gasteiger partial charge in [-0.1, -0.05) is 23.9 Å². The summed E-state index contributed by atoms with van der Waals surface area (Å²) in [6.07, 6.45) is 7.36. The second-order valence-corrected chi connectivity index (χ2v) is 10.6. The molecule has 4 bridgehead atoms. The van der Waals surface area contributed by atoms with Crippen molar-refractivity contribution in [3.05, 3.63) is 47.1 Å². The Hall–Kier alpha value is -1.82. The zero-order valence-electron chi connectivity index (χ0n) is 17.7. The lowest BCUT2D eigenvalue weighted by Crippen LogP contribution is -2.61. The fourth-order valence-corrected chi connectivity index (χ4v) is 7.18. The highest BCUT2D eigenvalue weighted by molar-refractivity contribution is 7.99. The van der Waals surface area contributed by atoms with E-state index in [4.69, 9.17) is 4.42 Å². The minimum absolute atomic E-state index is 0.0385. The zero-order chi connectivity index (χ0) is 20.9. The lowest BCUT2D eigenvalue weighted by atomic mass is 9.52. The summed E-state index contributed by atoms with van der Waals surface area (Å²) in [5, 5.41) is 0.561. The summed E-state index contributed by atoms with van der Waals surface area (Å²) < 4.78 is 19.1. The van der Waals surface area contributed by atoms with Crippen molar-refractivity contribution < 1.29 is 13.6 Å². The van der Waals surface area contributed by atoms with Gasteiger partial charge in [0.25, 0.3) is 5.22 Å². The van der Waals surface area contributed by atoms with Crippen LogP contribution in [0.4, 0.5) is 4.39 Å². The zero-order valence-corrected chi connectivity index (χ0v) is 18.5. The average molecular weight is 429 g/mol. The quantitative estimate of drug-likeness (QED) is 0.568. The van der Waals surface area contributed by atoms with E-state index < -0.39 is 0 Å². The summed E-state index contributed by atoms with van der Waals surface area (Å²) in [5.74, 6) is 3.28. The van der Waals surface area contributed by atoms with Gasteiger partial charge in [-0.05, 0) is 87.8 Å². The first-order chi connectivity index (χ1) is 14.4. The van der Waals surface area contributed by atoms with Crippen molar-refractivity contribution in [1.82, 2.24) is 9.88 Å². The van der Waals surface area contributed by atoms with Gasteiger partial charge < -0.3 is 9.32 Å². The Morgan fingerprint density at radius 3 is 2.27 bits per heavy atom. The van der Waals surface area contributed by atoms with E-state index in [0.717, 1.165) is 54.0 Å². The topological polar surface area (TPSA) is 46.3 Å². The molecule has 4 aliphatic rings. The molecule has 1 aromatic heterocycles. The summed E-state index contributed by atoms with van der Waals surface area (Å²) in [7, 11) is 0. The van der Waals surface area contributed by atoms with E-state index in [9.17, 15) is 9.18 Å². The molecule has 4 saturated carbocycles. The lowest BCUT2D eigenvalue weighted by molar-refractivity contribution is -0.149. The molecule has 160 valence electrons. The number of halogens is 1. The van der Waals surface area contributed by atoms with E-state index >= 15 is 0 Å². The van der Waals surface area contributed by atoms with Crippen molar-refractivity contribution in [3.63, 3.8) is 0 Å². The van der Waals surface area contributed by atoms with Gasteiger partial charge in [0.2, 0.25) is 5.91 Å². The van der Waals surface area contributed by atoms with Crippen LogP contribution in [0.15, 0.2) is 33.9 Å². The maximum atomic E-state index is 13.6. The second-order valence-electron chi connectivity index (χ2n) is 9.66. The Morgan fingerprint density at radius 1 is 1.13 bits per heavy atom. The van der Waals surface area contributed by atoms with Gasteiger partial charge in [0.15, 0.2) is 0 Å². The minimum Gasteiger partial charge on any atom is -0.437 e. The van der Waals surface area contributed by atoms with Crippen LogP contribution in [0.1, 0.15) is 55.5 Å².